The predicted molar refractivity (Wildman–Crippen MR) is 136 cm³/mol. The molecule has 4 rings (SSSR count). The van der Waals surface area contributed by atoms with Gasteiger partial charge in [0.2, 0.25) is 0 Å². The maximum atomic E-state index is 12.4. The largest absolute Gasteiger partial charge is 0.462 e. The van der Waals surface area contributed by atoms with Crippen LogP contribution in [0.15, 0.2) is 11.6 Å². The van der Waals surface area contributed by atoms with Crippen LogP contribution in [0.3, 0.4) is 0 Å². The standard InChI is InChI=1S/C30H50O4/c1-19(2)20(3)8-9-21(4)24-10-11-25-27(24,6)14-13-26-28(7)15-12-23(34-22(5)31)18-29(28,32)16-17-30(25,26)33/h13,19-21,23-25,32-33H,8-12,14-18H2,1-7H3/t20-,21+,23+,24+,25-,27+,28+,29+,30-/m0/s1. The maximum Gasteiger partial charge on any atom is 0.302 e. The number of esters is 1. The van der Waals surface area contributed by atoms with E-state index in [0.717, 1.165) is 43.1 Å². The van der Waals surface area contributed by atoms with Gasteiger partial charge in [-0.25, -0.2) is 0 Å². The van der Waals surface area contributed by atoms with E-state index in [1.807, 2.05) is 0 Å². The summed E-state index contributed by atoms with van der Waals surface area (Å²) >= 11 is 0. The molecule has 0 amide bonds. The van der Waals surface area contributed by atoms with E-state index in [1.54, 1.807) is 0 Å². The highest BCUT2D eigenvalue weighted by Crippen LogP contribution is 2.68. The average molecular weight is 475 g/mol. The van der Waals surface area contributed by atoms with Crippen LogP contribution < -0.4 is 0 Å². The van der Waals surface area contributed by atoms with Crippen molar-refractivity contribution in [2.45, 2.75) is 130 Å². The second kappa shape index (κ2) is 8.91. The van der Waals surface area contributed by atoms with Crippen LogP contribution in [-0.2, 0) is 9.53 Å². The molecular formula is C30H50O4. The van der Waals surface area contributed by atoms with E-state index in [4.69, 9.17) is 4.74 Å². The van der Waals surface area contributed by atoms with Gasteiger partial charge in [-0.2, -0.15) is 0 Å². The Morgan fingerprint density at radius 2 is 1.76 bits per heavy atom. The highest BCUT2D eigenvalue weighted by atomic mass is 16.5. The van der Waals surface area contributed by atoms with E-state index < -0.39 is 16.6 Å². The Bertz CT molecular complexity index is 819. The first-order valence-corrected chi connectivity index (χ1v) is 14.1. The summed E-state index contributed by atoms with van der Waals surface area (Å²) in [5.41, 5.74) is -0.968. The SMILES string of the molecule is CC(=O)O[C@@H]1CC[C@]2(C)C3=CC[C@]4(C)[C@@H]([C@H](C)CC[C@H](C)C(C)C)CC[C@@H]4[C@@]3(O)CC[C@@]2(O)C1. The molecule has 2 N–H and O–H groups in total. The number of ether oxygens (including phenoxy) is 1. The van der Waals surface area contributed by atoms with Gasteiger partial charge >= 0.3 is 5.97 Å². The number of aliphatic hydroxyl groups is 2. The smallest absolute Gasteiger partial charge is 0.302 e. The lowest BCUT2D eigenvalue weighted by Crippen LogP contribution is -2.65. The van der Waals surface area contributed by atoms with E-state index in [1.165, 1.54) is 26.2 Å². The molecule has 0 aromatic rings. The van der Waals surface area contributed by atoms with Gasteiger partial charge in [0, 0.05) is 18.8 Å². The second-order valence-corrected chi connectivity index (χ2v) is 13.6. The Labute approximate surface area is 207 Å². The molecule has 0 radical (unpaired) electrons. The molecular weight excluding hydrogens is 424 g/mol. The number of allylic oxidation sites excluding steroid dienone is 1. The van der Waals surface area contributed by atoms with Crippen molar-refractivity contribution in [3.63, 3.8) is 0 Å². The summed E-state index contributed by atoms with van der Waals surface area (Å²) in [6, 6.07) is 0. The summed E-state index contributed by atoms with van der Waals surface area (Å²) in [7, 11) is 0. The maximum absolute atomic E-state index is 12.4. The zero-order valence-corrected chi connectivity index (χ0v) is 22.8. The third-order valence-corrected chi connectivity index (χ3v) is 11.5. The number of fused-ring (bicyclic) bond motifs is 5. The molecule has 0 aromatic heterocycles. The third-order valence-electron chi connectivity index (χ3n) is 11.5. The van der Waals surface area contributed by atoms with E-state index in [9.17, 15) is 15.0 Å². The molecule has 0 bridgehead atoms. The minimum Gasteiger partial charge on any atom is -0.462 e. The molecule has 0 aromatic carbocycles. The van der Waals surface area contributed by atoms with Gasteiger partial charge in [-0.1, -0.05) is 60.5 Å². The lowest BCUT2D eigenvalue weighted by Gasteiger charge is -2.63. The van der Waals surface area contributed by atoms with E-state index in [-0.39, 0.29) is 23.4 Å². The molecule has 34 heavy (non-hydrogen) atoms. The van der Waals surface area contributed by atoms with Crippen molar-refractivity contribution in [2.24, 2.45) is 40.4 Å². The second-order valence-electron chi connectivity index (χ2n) is 13.6. The number of hydrogen-bond donors (Lipinski definition) is 2. The number of hydrogen-bond acceptors (Lipinski definition) is 4. The van der Waals surface area contributed by atoms with Crippen molar-refractivity contribution < 1.29 is 19.7 Å². The van der Waals surface area contributed by atoms with Gasteiger partial charge < -0.3 is 14.9 Å². The first-order chi connectivity index (χ1) is 15.8. The van der Waals surface area contributed by atoms with Crippen molar-refractivity contribution in [3.05, 3.63) is 11.6 Å². The van der Waals surface area contributed by atoms with Crippen LogP contribution in [0.2, 0.25) is 0 Å². The Morgan fingerprint density at radius 1 is 1.06 bits per heavy atom. The highest BCUT2D eigenvalue weighted by Gasteiger charge is 2.67. The number of carbonyl (C=O) groups is 1. The average Bonchev–Trinajstić information content (AvgIpc) is 3.11. The monoisotopic (exact) mass is 474 g/mol. The van der Waals surface area contributed by atoms with Crippen molar-refractivity contribution in [2.75, 3.05) is 0 Å². The molecule has 0 heterocycles. The van der Waals surface area contributed by atoms with Gasteiger partial charge in [0.15, 0.2) is 0 Å². The molecule has 0 spiro atoms. The lowest BCUT2D eigenvalue weighted by molar-refractivity contribution is -0.195. The van der Waals surface area contributed by atoms with E-state index >= 15 is 0 Å². The Balaban J connectivity index is 1.57. The minimum atomic E-state index is -0.921. The van der Waals surface area contributed by atoms with Crippen LogP contribution in [-0.4, -0.2) is 33.5 Å². The molecule has 4 heteroatoms. The molecule has 0 saturated heterocycles. The Morgan fingerprint density at radius 3 is 2.41 bits per heavy atom. The van der Waals surface area contributed by atoms with Crippen LogP contribution in [0.25, 0.3) is 0 Å². The molecule has 3 saturated carbocycles. The van der Waals surface area contributed by atoms with Gasteiger partial charge in [-0.05, 0) is 85.5 Å². The van der Waals surface area contributed by atoms with Crippen molar-refractivity contribution >= 4 is 5.97 Å². The van der Waals surface area contributed by atoms with Gasteiger partial charge in [0.05, 0.1) is 11.2 Å². The summed E-state index contributed by atoms with van der Waals surface area (Å²) in [6.45, 7) is 15.6. The summed E-state index contributed by atoms with van der Waals surface area (Å²) < 4.78 is 5.51. The van der Waals surface area contributed by atoms with Crippen LogP contribution in [0.5, 0.6) is 0 Å². The fourth-order valence-corrected chi connectivity index (χ4v) is 8.92. The quantitative estimate of drug-likeness (QED) is 0.344. The topological polar surface area (TPSA) is 66.8 Å². The molecule has 0 unspecified atom stereocenters. The fourth-order valence-electron chi connectivity index (χ4n) is 8.92. The van der Waals surface area contributed by atoms with Crippen LogP contribution in [0.4, 0.5) is 0 Å². The van der Waals surface area contributed by atoms with Crippen LogP contribution in [0.1, 0.15) is 113 Å². The van der Waals surface area contributed by atoms with E-state index in [0.29, 0.717) is 31.1 Å². The first kappa shape index (κ1) is 26.2. The minimum absolute atomic E-state index is 0.124. The summed E-state index contributed by atoms with van der Waals surface area (Å²) in [4.78, 5) is 11.5. The lowest BCUT2D eigenvalue weighted by atomic mass is 9.45. The predicted octanol–water partition coefficient (Wildman–Crippen LogP) is 6.44. The van der Waals surface area contributed by atoms with Gasteiger partial charge in [-0.15, -0.1) is 0 Å². The zero-order valence-electron chi connectivity index (χ0n) is 22.8. The number of carbonyl (C=O) groups excluding carboxylic acids is 1. The Hall–Kier alpha value is -0.870. The summed E-state index contributed by atoms with van der Waals surface area (Å²) in [5, 5.41) is 24.2. The molecule has 194 valence electrons. The zero-order chi connectivity index (χ0) is 25.1. The van der Waals surface area contributed by atoms with Crippen molar-refractivity contribution in [1.29, 1.82) is 0 Å². The van der Waals surface area contributed by atoms with E-state index in [2.05, 4.69) is 47.6 Å². The van der Waals surface area contributed by atoms with Crippen LogP contribution in [0, 0.1) is 40.4 Å². The molecule has 9 atom stereocenters. The highest BCUT2D eigenvalue weighted by molar-refractivity contribution is 5.66. The molecule has 4 nitrogen and oxygen atoms in total. The molecule has 4 aliphatic rings. The van der Waals surface area contributed by atoms with Crippen molar-refractivity contribution in [1.82, 2.24) is 0 Å². The van der Waals surface area contributed by atoms with Gasteiger partial charge in [0.1, 0.15) is 6.10 Å². The third kappa shape index (κ3) is 3.99. The van der Waals surface area contributed by atoms with Gasteiger partial charge in [-0.3, -0.25) is 4.79 Å². The fraction of sp³-hybridized carbons (Fsp3) is 0.900. The Kier molecular flexibility index (Phi) is 6.86. The molecule has 3 fully saturated rings. The molecule has 4 aliphatic carbocycles. The normalized spacial score (nSPS) is 45.6. The van der Waals surface area contributed by atoms with Crippen LogP contribution >= 0.6 is 0 Å². The van der Waals surface area contributed by atoms with Gasteiger partial charge in [0.25, 0.3) is 0 Å². The summed E-state index contributed by atoms with van der Waals surface area (Å²) in [5.74, 6) is 2.80. The first-order valence-electron chi connectivity index (χ1n) is 14.1. The summed E-state index contributed by atoms with van der Waals surface area (Å²) in [6.07, 6.45) is 11.2. The molecule has 0 aliphatic heterocycles. The van der Waals surface area contributed by atoms with Crippen molar-refractivity contribution in [3.8, 4) is 0 Å². The number of rotatable bonds is 6.